The van der Waals surface area contributed by atoms with Crippen LogP contribution in [0.15, 0.2) is 24.3 Å². The van der Waals surface area contributed by atoms with Gasteiger partial charge in [-0.25, -0.2) is 0 Å². The topological polar surface area (TPSA) is 58.4 Å². The van der Waals surface area contributed by atoms with E-state index in [1.807, 2.05) is 12.1 Å². The Kier molecular flexibility index (Phi) is 5.46. The normalized spacial score (nSPS) is 19.9. The molecule has 1 heterocycles. The molecule has 3 N–H and O–H groups in total. The maximum Gasteiger partial charge on any atom is 0.253 e. The summed E-state index contributed by atoms with van der Waals surface area (Å²) in [5.41, 5.74) is 6.92. The second-order valence-electron chi connectivity index (χ2n) is 6.94. The van der Waals surface area contributed by atoms with Crippen molar-refractivity contribution in [3.63, 3.8) is 0 Å². The van der Waals surface area contributed by atoms with Crippen LogP contribution in [-0.2, 0) is 0 Å². The fraction of sp³-hybridized carbons (Fsp3) is 0.611. The number of nitrogen functional groups attached to an aromatic ring is 1. The van der Waals surface area contributed by atoms with Crippen LogP contribution >= 0.6 is 0 Å². The molecule has 0 saturated carbocycles. The number of likely N-dealkylation sites (tertiary alicyclic amines) is 1. The van der Waals surface area contributed by atoms with Gasteiger partial charge in [0.05, 0.1) is 5.56 Å². The molecular formula is C18H29N3O. The van der Waals surface area contributed by atoms with E-state index in [2.05, 4.69) is 31.0 Å². The summed E-state index contributed by atoms with van der Waals surface area (Å²) in [6.07, 6.45) is 3.82. The standard InChI is InChI=1S/C18H29N3O/c1-4-14-8-7-11-21(12-14)18(2,3)13-20-17(22)15-9-5-6-10-16(15)19/h5-6,9-10,14H,4,7-8,11-13,19H2,1-3H3,(H,20,22). The maximum atomic E-state index is 12.3. The molecule has 0 aromatic heterocycles. The Bertz CT molecular complexity index is 513. The Morgan fingerprint density at radius 1 is 1.41 bits per heavy atom. The summed E-state index contributed by atoms with van der Waals surface area (Å²) in [7, 11) is 0. The molecule has 1 aromatic carbocycles. The minimum Gasteiger partial charge on any atom is -0.398 e. The quantitative estimate of drug-likeness (QED) is 0.822. The Labute approximate surface area is 134 Å². The van der Waals surface area contributed by atoms with Crippen LogP contribution in [0.4, 0.5) is 5.69 Å². The lowest BCUT2D eigenvalue weighted by atomic mass is 9.91. The Morgan fingerprint density at radius 3 is 2.82 bits per heavy atom. The van der Waals surface area contributed by atoms with Gasteiger partial charge in [-0.3, -0.25) is 9.69 Å². The number of piperidine rings is 1. The molecule has 122 valence electrons. The summed E-state index contributed by atoms with van der Waals surface area (Å²) in [5, 5.41) is 3.05. The highest BCUT2D eigenvalue weighted by Gasteiger charge is 2.31. The lowest BCUT2D eigenvalue weighted by Crippen LogP contribution is -2.54. The predicted molar refractivity (Wildman–Crippen MR) is 91.9 cm³/mol. The van der Waals surface area contributed by atoms with Crippen molar-refractivity contribution in [1.82, 2.24) is 10.2 Å². The first-order valence-electron chi connectivity index (χ1n) is 8.32. The van der Waals surface area contributed by atoms with Crippen LogP contribution in [-0.4, -0.2) is 36.0 Å². The van der Waals surface area contributed by atoms with Crippen LogP contribution in [0.5, 0.6) is 0 Å². The van der Waals surface area contributed by atoms with Crippen molar-refractivity contribution in [2.24, 2.45) is 5.92 Å². The van der Waals surface area contributed by atoms with Crippen LogP contribution in [0.25, 0.3) is 0 Å². The first kappa shape index (κ1) is 16.8. The second kappa shape index (κ2) is 7.14. The number of para-hydroxylation sites is 1. The number of nitrogens with one attached hydrogen (secondary N) is 1. The molecule has 1 saturated heterocycles. The number of carbonyl (C=O) groups excluding carboxylic acids is 1. The largest absolute Gasteiger partial charge is 0.398 e. The van der Waals surface area contributed by atoms with E-state index in [9.17, 15) is 4.79 Å². The Balaban J connectivity index is 1.94. The highest BCUT2D eigenvalue weighted by Crippen LogP contribution is 2.25. The minimum atomic E-state index is -0.0878. The van der Waals surface area contributed by atoms with Crippen LogP contribution < -0.4 is 11.1 Å². The zero-order valence-corrected chi connectivity index (χ0v) is 14.1. The molecule has 2 rings (SSSR count). The highest BCUT2D eigenvalue weighted by molar-refractivity contribution is 5.99. The van der Waals surface area contributed by atoms with E-state index in [4.69, 9.17) is 5.73 Å². The number of carbonyl (C=O) groups is 1. The number of nitrogens with two attached hydrogens (primary N) is 1. The zero-order chi connectivity index (χ0) is 16.2. The van der Waals surface area contributed by atoms with Crippen molar-refractivity contribution in [1.29, 1.82) is 0 Å². The molecule has 4 nitrogen and oxygen atoms in total. The molecule has 0 aliphatic carbocycles. The van der Waals surface area contributed by atoms with Gasteiger partial charge in [0.2, 0.25) is 0 Å². The maximum absolute atomic E-state index is 12.3. The van der Waals surface area contributed by atoms with Gasteiger partial charge in [0.15, 0.2) is 0 Å². The molecule has 1 amide bonds. The summed E-state index contributed by atoms with van der Waals surface area (Å²) < 4.78 is 0. The number of benzene rings is 1. The van der Waals surface area contributed by atoms with E-state index in [-0.39, 0.29) is 11.4 Å². The zero-order valence-electron chi connectivity index (χ0n) is 14.1. The Morgan fingerprint density at radius 2 is 2.14 bits per heavy atom. The molecule has 1 aliphatic rings. The summed E-state index contributed by atoms with van der Waals surface area (Å²) in [4.78, 5) is 14.8. The summed E-state index contributed by atoms with van der Waals surface area (Å²) >= 11 is 0. The van der Waals surface area contributed by atoms with Gasteiger partial charge in [0.1, 0.15) is 0 Å². The molecule has 22 heavy (non-hydrogen) atoms. The van der Waals surface area contributed by atoms with Crippen LogP contribution in [0, 0.1) is 5.92 Å². The van der Waals surface area contributed by atoms with E-state index in [0.29, 0.717) is 17.8 Å². The average Bonchev–Trinajstić information content (AvgIpc) is 2.53. The molecule has 1 aromatic rings. The van der Waals surface area contributed by atoms with E-state index in [1.165, 1.54) is 19.3 Å². The van der Waals surface area contributed by atoms with E-state index < -0.39 is 0 Å². The molecule has 0 bridgehead atoms. The van der Waals surface area contributed by atoms with Gasteiger partial charge in [0.25, 0.3) is 5.91 Å². The Hall–Kier alpha value is -1.55. The lowest BCUT2D eigenvalue weighted by Gasteiger charge is -2.43. The first-order chi connectivity index (χ1) is 10.4. The van der Waals surface area contributed by atoms with E-state index in [0.717, 1.165) is 19.0 Å². The lowest BCUT2D eigenvalue weighted by molar-refractivity contribution is 0.0612. The van der Waals surface area contributed by atoms with Crippen molar-refractivity contribution in [3.8, 4) is 0 Å². The number of rotatable bonds is 5. The third-order valence-electron chi connectivity index (χ3n) is 4.84. The van der Waals surface area contributed by atoms with E-state index >= 15 is 0 Å². The minimum absolute atomic E-state index is 0.0347. The van der Waals surface area contributed by atoms with Crippen LogP contribution in [0.3, 0.4) is 0 Å². The van der Waals surface area contributed by atoms with Gasteiger partial charge in [0, 0.05) is 24.3 Å². The number of anilines is 1. The van der Waals surface area contributed by atoms with Crippen molar-refractivity contribution in [2.75, 3.05) is 25.4 Å². The molecule has 0 spiro atoms. The van der Waals surface area contributed by atoms with Crippen molar-refractivity contribution >= 4 is 11.6 Å². The van der Waals surface area contributed by atoms with Gasteiger partial charge in [-0.15, -0.1) is 0 Å². The fourth-order valence-electron chi connectivity index (χ4n) is 3.16. The van der Waals surface area contributed by atoms with Gasteiger partial charge < -0.3 is 11.1 Å². The SMILES string of the molecule is CCC1CCCN(C(C)(C)CNC(=O)c2ccccc2N)C1. The average molecular weight is 303 g/mol. The predicted octanol–water partition coefficient (Wildman–Crippen LogP) is 2.90. The van der Waals surface area contributed by atoms with Gasteiger partial charge in [-0.1, -0.05) is 25.5 Å². The molecule has 1 fully saturated rings. The van der Waals surface area contributed by atoms with Gasteiger partial charge in [-0.05, 0) is 51.3 Å². The van der Waals surface area contributed by atoms with Crippen molar-refractivity contribution in [2.45, 2.75) is 45.6 Å². The van der Waals surface area contributed by atoms with Crippen LogP contribution in [0.1, 0.15) is 50.4 Å². The first-order valence-corrected chi connectivity index (χ1v) is 8.32. The number of amides is 1. The van der Waals surface area contributed by atoms with Crippen molar-refractivity contribution < 1.29 is 4.79 Å². The number of hydrogen-bond acceptors (Lipinski definition) is 3. The third kappa shape index (κ3) is 4.01. The number of hydrogen-bond donors (Lipinski definition) is 2. The highest BCUT2D eigenvalue weighted by atomic mass is 16.1. The summed E-state index contributed by atoms with van der Waals surface area (Å²) in [5.74, 6) is 0.698. The molecule has 1 aliphatic heterocycles. The van der Waals surface area contributed by atoms with Gasteiger partial charge >= 0.3 is 0 Å². The van der Waals surface area contributed by atoms with Crippen LogP contribution in [0.2, 0.25) is 0 Å². The molecule has 1 unspecified atom stereocenters. The molecule has 0 radical (unpaired) electrons. The molecular weight excluding hydrogens is 274 g/mol. The third-order valence-corrected chi connectivity index (χ3v) is 4.84. The summed E-state index contributed by atoms with van der Waals surface area (Å²) in [6, 6.07) is 7.21. The molecule has 1 atom stereocenters. The second-order valence-corrected chi connectivity index (χ2v) is 6.94. The number of nitrogens with zero attached hydrogens (tertiary/aromatic N) is 1. The monoisotopic (exact) mass is 303 g/mol. The van der Waals surface area contributed by atoms with Crippen molar-refractivity contribution in [3.05, 3.63) is 29.8 Å². The smallest absolute Gasteiger partial charge is 0.253 e. The summed E-state index contributed by atoms with van der Waals surface area (Å²) in [6.45, 7) is 9.57. The fourth-order valence-corrected chi connectivity index (χ4v) is 3.16. The van der Waals surface area contributed by atoms with Gasteiger partial charge in [-0.2, -0.15) is 0 Å². The molecule has 4 heteroatoms. The van der Waals surface area contributed by atoms with E-state index in [1.54, 1.807) is 12.1 Å².